The van der Waals surface area contributed by atoms with Crippen molar-refractivity contribution in [3.8, 4) is 0 Å². The zero-order valence-electron chi connectivity index (χ0n) is 4.79. The molecule has 0 fully saturated rings. The maximum Gasteiger partial charge on any atom is 0.0308 e. The van der Waals surface area contributed by atoms with E-state index in [0.29, 0.717) is 0 Å². The smallest absolute Gasteiger partial charge is 0.0308 e. The van der Waals surface area contributed by atoms with Gasteiger partial charge < -0.3 is 0 Å². The molecule has 0 unspecified atom stereocenters. The molecule has 0 aliphatic carbocycles. The summed E-state index contributed by atoms with van der Waals surface area (Å²) in [6.45, 7) is 4.26. The summed E-state index contributed by atoms with van der Waals surface area (Å²) in [4.78, 5) is 2.93. The van der Waals surface area contributed by atoms with Crippen molar-refractivity contribution in [3.63, 3.8) is 0 Å². The van der Waals surface area contributed by atoms with E-state index in [0.717, 1.165) is 12.8 Å². The highest BCUT2D eigenvalue weighted by molar-refractivity contribution is 9.10. The van der Waals surface area contributed by atoms with Crippen LogP contribution in [-0.4, -0.2) is 0 Å². The molecule has 0 atom stereocenters. The summed E-state index contributed by atoms with van der Waals surface area (Å²) in [5, 5.41) is 0. The molecule has 0 spiro atoms. The molecule has 0 aliphatic heterocycles. The molecule has 7 heavy (non-hydrogen) atoms. The maximum atomic E-state index is 3.15. The number of hydrogen-bond donors (Lipinski definition) is 0. The Bertz CT molecular complexity index is 58.6. The van der Waals surface area contributed by atoms with Gasteiger partial charge in [0.25, 0.3) is 0 Å². The molecule has 0 nitrogen and oxygen atoms in total. The number of halogens is 1. The third-order valence-electron chi connectivity index (χ3n) is 0.987. The third kappa shape index (κ3) is 2.86. The highest BCUT2D eigenvalue weighted by atomic mass is 79.9. The zero-order valence-corrected chi connectivity index (χ0v) is 6.38. The average molecular weight is 162 g/mol. The van der Waals surface area contributed by atoms with Crippen molar-refractivity contribution < 1.29 is 0 Å². The Morgan fingerprint density at radius 3 is 1.86 bits per heavy atom. The minimum Gasteiger partial charge on any atom is -0.0616 e. The second-order valence-electron chi connectivity index (χ2n) is 1.41. The van der Waals surface area contributed by atoms with Crippen LogP contribution in [0.15, 0.2) is 5.57 Å². The Hall–Kier alpha value is 0.220. The van der Waals surface area contributed by atoms with E-state index >= 15 is 0 Å². The molecule has 0 N–H and O–H groups in total. The van der Waals surface area contributed by atoms with Crippen LogP contribution < -0.4 is 0 Å². The molecule has 1 radical (unpaired) electrons. The third-order valence-corrected chi connectivity index (χ3v) is 1.55. The molecule has 0 saturated heterocycles. The predicted molar refractivity (Wildman–Crippen MR) is 36.3 cm³/mol. The summed E-state index contributed by atoms with van der Waals surface area (Å²) in [5.41, 5.74) is 1.35. The number of hydrogen-bond acceptors (Lipinski definition) is 0. The summed E-state index contributed by atoms with van der Waals surface area (Å²) >= 11 is 3.15. The van der Waals surface area contributed by atoms with Crippen LogP contribution in [0.2, 0.25) is 0 Å². The standard InChI is InChI=1S/C6H10Br/c1-3-6(4-2)5-7/h3-4H2,1-2H3. The molecule has 0 aromatic heterocycles. The lowest BCUT2D eigenvalue weighted by molar-refractivity contribution is 0.979. The first kappa shape index (κ1) is 7.22. The van der Waals surface area contributed by atoms with E-state index in [1.165, 1.54) is 5.57 Å². The quantitative estimate of drug-likeness (QED) is 0.585. The van der Waals surface area contributed by atoms with Gasteiger partial charge in [-0.2, -0.15) is 0 Å². The minimum absolute atomic E-state index is 1.11. The van der Waals surface area contributed by atoms with Crippen molar-refractivity contribution in [2.24, 2.45) is 0 Å². The molecule has 1 heteroatoms. The topological polar surface area (TPSA) is 0 Å². The van der Waals surface area contributed by atoms with Gasteiger partial charge in [-0.1, -0.05) is 19.4 Å². The van der Waals surface area contributed by atoms with Gasteiger partial charge in [-0.15, -0.1) is 0 Å². The van der Waals surface area contributed by atoms with Crippen molar-refractivity contribution in [1.29, 1.82) is 0 Å². The zero-order chi connectivity index (χ0) is 5.70. The Kier molecular flexibility index (Phi) is 4.52. The van der Waals surface area contributed by atoms with E-state index in [1.807, 2.05) is 0 Å². The molecule has 41 valence electrons. The van der Waals surface area contributed by atoms with E-state index in [1.54, 1.807) is 0 Å². The van der Waals surface area contributed by atoms with Gasteiger partial charge in [-0.05, 0) is 28.8 Å². The number of allylic oxidation sites excluding steroid dienone is 1. The SMILES string of the molecule is CCC(=[C]Br)CC. The van der Waals surface area contributed by atoms with Crippen LogP contribution in [0.5, 0.6) is 0 Å². The highest BCUT2D eigenvalue weighted by Gasteiger charge is 1.84. The second kappa shape index (κ2) is 4.38. The van der Waals surface area contributed by atoms with Crippen molar-refractivity contribution in [2.45, 2.75) is 26.7 Å². The predicted octanol–water partition coefficient (Wildman–Crippen LogP) is 2.89. The first-order valence-corrected chi connectivity index (χ1v) is 3.35. The van der Waals surface area contributed by atoms with Crippen molar-refractivity contribution in [2.75, 3.05) is 0 Å². The number of rotatable bonds is 2. The van der Waals surface area contributed by atoms with Crippen LogP contribution in [0.3, 0.4) is 0 Å². The summed E-state index contributed by atoms with van der Waals surface area (Å²) in [6.07, 6.45) is 2.23. The fourth-order valence-corrected chi connectivity index (χ4v) is 0.944. The summed E-state index contributed by atoms with van der Waals surface area (Å²) in [7, 11) is 0. The van der Waals surface area contributed by atoms with Crippen LogP contribution in [0.25, 0.3) is 0 Å². The van der Waals surface area contributed by atoms with Gasteiger partial charge in [-0.25, -0.2) is 0 Å². The fraction of sp³-hybridized carbons (Fsp3) is 0.667. The summed E-state index contributed by atoms with van der Waals surface area (Å²) in [6, 6.07) is 0. The van der Waals surface area contributed by atoms with E-state index in [4.69, 9.17) is 0 Å². The van der Waals surface area contributed by atoms with Crippen LogP contribution in [0, 0.1) is 4.99 Å². The first-order chi connectivity index (χ1) is 3.35. The lowest BCUT2D eigenvalue weighted by atomic mass is 10.2. The van der Waals surface area contributed by atoms with Gasteiger partial charge >= 0.3 is 0 Å². The molecule has 0 aromatic carbocycles. The molecule has 0 aliphatic rings. The van der Waals surface area contributed by atoms with Gasteiger partial charge in [0.15, 0.2) is 0 Å². The fourth-order valence-electron chi connectivity index (χ4n) is 0.384. The molecule has 0 saturated carbocycles. The Balaban J connectivity index is 3.38. The van der Waals surface area contributed by atoms with E-state index in [-0.39, 0.29) is 0 Å². The molecule has 0 aromatic rings. The van der Waals surface area contributed by atoms with Crippen molar-refractivity contribution in [3.05, 3.63) is 10.6 Å². The average Bonchev–Trinajstić information content (AvgIpc) is 1.72. The van der Waals surface area contributed by atoms with Crippen molar-refractivity contribution >= 4 is 15.9 Å². The van der Waals surface area contributed by atoms with Crippen LogP contribution >= 0.6 is 15.9 Å². The lowest BCUT2D eigenvalue weighted by Gasteiger charge is -1.91. The monoisotopic (exact) mass is 161 g/mol. The van der Waals surface area contributed by atoms with E-state index < -0.39 is 0 Å². The van der Waals surface area contributed by atoms with Crippen LogP contribution in [-0.2, 0) is 0 Å². The largest absolute Gasteiger partial charge is 0.0616 e. The summed E-state index contributed by atoms with van der Waals surface area (Å²) < 4.78 is 0. The highest BCUT2D eigenvalue weighted by Crippen LogP contribution is 2.05. The Morgan fingerprint density at radius 2 is 1.86 bits per heavy atom. The van der Waals surface area contributed by atoms with Crippen molar-refractivity contribution in [1.82, 2.24) is 0 Å². The molecular weight excluding hydrogens is 152 g/mol. The Labute approximate surface area is 53.7 Å². The molecule has 0 rings (SSSR count). The summed E-state index contributed by atoms with van der Waals surface area (Å²) in [5.74, 6) is 0. The van der Waals surface area contributed by atoms with Crippen LogP contribution in [0.4, 0.5) is 0 Å². The normalized spacial score (nSPS) is 8.43. The lowest BCUT2D eigenvalue weighted by Crippen LogP contribution is -1.71. The molecule has 0 heterocycles. The first-order valence-electron chi connectivity index (χ1n) is 2.56. The van der Waals surface area contributed by atoms with Gasteiger partial charge in [0.2, 0.25) is 0 Å². The van der Waals surface area contributed by atoms with E-state index in [2.05, 4.69) is 34.8 Å². The molecule has 0 amide bonds. The van der Waals surface area contributed by atoms with Gasteiger partial charge in [0.1, 0.15) is 0 Å². The minimum atomic E-state index is 1.11. The molecular formula is C6H10Br. The second-order valence-corrected chi connectivity index (χ2v) is 1.80. The van der Waals surface area contributed by atoms with Gasteiger partial charge in [0.05, 0.1) is 0 Å². The Morgan fingerprint density at radius 1 is 1.43 bits per heavy atom. The van der Waals surface area contributed by atoms with Gasteiger partial charge in [0, 0.05) is 4.99 Å². The maximum absolute atomic E-state index is 3.15. The van der Waals surface area contributed by atoms with E-state index in [9.17, 15) is 0 Å². The molecule has 0 bridgehead atoms. The van der Waals surface area contributed by atoms with Crippen LogP contribution in [0.1, 0.15) is 26.7 Å². The van der Waals surface area contributed by atoms with Gasteiger partial charge in [-0.3, -0.25) is 0 Å².